The van der Waals surface area contributed by atoms with Crippen LogP contribution in [0.1, 0.15) is 79.6 Å². The van der Waals surface area contributed by atoms with E-state index in [1.807, 2.05) is 0 Å². The third-order valence-electron chi connectivity index (χ3n) is 6.91. The monoisotopic (exact) mass is 294 g/mol. The Morgan fingerprint density at radius 3 is 2.38 bits per heavy atom. The molecule has 2 heteroatoms. The molecule has 0 spiro atoms. The number of hydrogen-bond donors (Lipinski definition) is 1. The molecule has 1 aliphatic carbocycles. The second-order valence-electron chi connectivity index (χ2n) is 8.25. The van der Waals surface area contributed by atoms with E-state index in [1.165, 1.54) is 44.9 Å². The number of hydrogen-bond acceptors (Lipinski definition) is 2. The van der Waals surface area contributed by atoms with Gasteiger partial charge in [0.1, 0.15) is 0 Å². The number of nitrogens with one attached hydrogen (secondary N) is 1. The Hall–Kier alpha value is -0.0800. The molecule has 2 fully saturated rings. The van der Waals surface area contributed by atoms with Gasteiger partial charge < -0.3 is 5.32 Å². The van der Waals surface area contributed by atoms with Crippen LogP contribution in [-0.4, -0.2) is 36.1 Å². The van der Waals surface area contributed by atoms with Crippen molar-refractivity contribution in [1.82, 2.24) is 10.2 Å². The van der Waals surface area contributed by atoms with Crippen LogP contribution in [0.15, 0.2) is 0 Å². The van der Waals surface area contributed by atoms with E-state index in [0.717, 1.165) is 24.0 Å². The molecule has 0 aromatic rings. The van der Waals surface area contributed by atoms with E-state index in [0.29, 0.717) is 11.5 Å². The molecule has 5 atom stereocenters. The van der Waals surface area contributed by atoms with Gasteiger partial charge in [0.15, 0.2) is 0 Å². The first kappa shape index (κ1) is 17.3. The highest BCUT2D eigenvalue weighted by Crippen LogP contribution is 2.44. The minimum absolute atomic E-state index is 0.502. The van der Waals surface area contributed by atoms with Gasteiger partial charge >= 0.3 is 0 Å². The number of rotatable bonds is 5. The Kier molecular flexibility index (Phi) is 5.76. The van der Waals surface area contributed by atoms with Crippen LogP contribution in [-0.2, 0) is 0 Å². The summed E-state index contributed by atoms with van der Waals surface area (Å²) in [4.78, 5) is 2.90. The first-order valence-electron chi connectivity index (χ1n) is 9.39. The van der Waals surface area contributed by atoms with Gasteiger partial charge in [0.05, 0.1) is 0 Å². The molecule has 2 rings (SSSR count). The lowest BCUT2D eigenvalue weighted by Gasteiger charge is -2.48. The van der Waals surface area contributed by atoms with Crippen LogP contribution >= 0.6 is 0 Å². The van der Waals surface area contributed by atoms with Crippen LogP contribution < -0.4 is 5.32 Å². The highest BCUT2D eigenvalue weighted by Gasteiger charge is 2.43. The predicted octanol–water partition coefficient (Wildman–Crippen LogP) is 4.44. The smallest absolute Gasteiger partial charge is 0.0257 e. The maximum atomic E-state index is 3.64. The van der Waals surface area contributed by atoms with Gasteiger partial charge in [-0.05, 0) is 63.8 Å². The molecule has 2 nitrogen and oxygen atoms in total. The highest BCUT2D eigenvalue weighted by atomic mass is 15.3. The van der Waals surface area contributed by atoms with Gasteiger partial charge in [0, 0.05) is 24.2 Å². The summed E-state index contributed by atoms with van der Waals surface area (Å²) >= 11 is 0. The molecule has 1 N–H and O–H groups in total. The summed E-state index contributed by atoms with van der Waals surface area (Å²) in [5.74, 6) is 0.891. The molecule has 0 bridgehead atoms. The molecular weight excluding hydrogens is 256 g/mol. The highest BCUT2D eigenvalue weighted by molar-refractivity contribution is 4.99. The van der Waals surface area contributed by atoms with Crippen molar-refractivity contribution in [3.63, 3.8) is 0 Å². The average Bonchev–Trinajstić information content (AvgIpc) is 2.87. The molecule has 124 valence electrons. The molecule has 0 radical (unpaired) electrons. The fourth-order valence-corrected chi connectivity index (χ4v) is 4.92. The van der Waals surface area contributed by atoms with E-state index in [9.17, 15) is 0 Å². The maximum absolute atomic E-state index is 3.64. The summed E-state index contributed by atoms with van der Waals surface area (Å²) in [6.45, 7) is 12.2. The van der Waals surface area contributed by atoms with Crippen LogP contribution in [0.2, 0.25) is 0 Å². The van der Waals surface area contributed by atoms with E-state index in [1.54, 1.807) is 0 Å². The third-order valence-corrected chi connectivity index (χ3v) is 6.91. The van der Waals surface area contributed by atoms with Gasteiger partial charge in [-0.15, -0.1) is 0 Å². The zero-order valence-corrected chi connectivity index (χ0v) is 15.3. The summed E-state index contributed by atoms with van der Waals surface area (Å²) in [6, 6.07) is 3.05. The summed E-state index contributed by atoms with van der Waals surface area (Å²) in [6.07, 6.45) is 9.59. The first-order chi connectivity index (χ1) is 9.94. The minimum Gasteiger partial charge on any atom is -0.315 e. The van der Waals surface area contributed by atoms with Crippen molar-refractivity contribution in [3.05, 3.63) is 0 Å². The minimum atomic E-state index is 0.502. The average molecular weight is 295 g/mol. The zero-order valence-electron chi connectivity index (χ0n) is 15.3. The Labute approximate surface area is 133 Å². The van der Waals surface area contributed by atoms with Crippen LogP contribution in [0, 0.1) is 11.3 Å². The van der Waals surface area contributed by atoms with Crippen molar-refractivity contribution in [3.8, 4) is 0 Å². The first-order valence-corrected chi connectivity index (χ1v) is 9.39. The van der Waals surface area contributed by atoms with Crippen LogP contribution in [0.4, 0.5) is 0 Å². The summed E-state index contributed by atoms with van der Waals surface area (Å²) in [5, 5.41) is 3.64. The molecule has 1 aliphatic heterocycles. The van der Waals surface area contributed by atoms with Gasteiger partial charge in [0.2, 0.25) is 0 Å². The molecule has 2 aliphatic rings. The number of nitrogens with zero attached hydrogens (tertiary/aromatic N) is 1. The lowest BCUT2D eigenvalue weighted by atomic mass is 9.67. The van der Waals surface area contributed by atoms with E-state index in [4.69, 9.17) is 0 Å². The molecule has 1 heterocycles. The summed E-state index contributed by atoms with van der Waals surface area (Å²) in [7, 11) is 2.17. The van der Waals surface area contributed by atoms with Gasteiger partial charge in [-0.3, -0.25) is 4.90 Å². The largest absolute Gasteiger partial charge is 0.315 e. The van der Waals surface area contributed by atoms with Crippen LogP contribution in [0.5, 0.6) is 0 Å². The number of likely N-dealkylation sites (tertiary alicyclic amines) is 1. The van der Waals surface area contributed by atoms with Gasteiger partial charge in [-0.1, -0.05) is 34.1 Å². The second kappa shape index (κ2) is 7.00. The molecule has 21 heavy (non-hydrogen) atoms. The second-order valence-corrected chi connectivity index (χ2v) is 8.25. The molecular formula is C19H38N2. The van der Waals surface area contributed by atoms with Crippen LogP contribution in [0.3, 0.4) is 0 Å². The lowest BCUT2D eigenvalue weighted by molar-refractivity contribution is 0.0272. The molecule has 1 saturated heterocycles. The van der Waals surface area contributed by atoms with Crippen molar-refractivity contribution in [2.45, 2.75) is 104 Å². The summed E-state index contributed by atoms with van der Waals surface area (Å²) in [5.41, 5.74) is 0.502. The molecule has 5 unspecified atom stereocenters. The van der Waals surface area contributed by atoms with Crippen molar-refractivity contribution >= 4 is 0 Å². The van der Waals surface area contributed by atoms with E-state index >= 15 is 0 Å². The molecule has 1 saturated carbocycles. The van der Waals surface area contributed by atoms with E-state index in [2.05, 4.69) is 51.9 Å². The van der Waals surface area contributed by atoms with Crippen molar-refractivity contribution in [2.24, 2.45) is 11.3 Å². The van der Waals surface area contributed by atoms with Gasteiger partial charge in [-0.25, -0.2) is 0 Å². The third kappa shape index (κ3) is 3.47. The van der Waals surface area contributed by atoms with E-state index in [-0.39, 0.29) is 0 Å². The van der Waals surface area contributed by atoms with Gasteiger partial charge in [0.25, 0.3) is 0 Å². The molecule has 0 aromatic heterocycles. The molecule has 0 aromatic carbocycles. The number of likely N-dealkylation sites (N-methyl/N-ethyl adjacent to an activating group) is 1. The fraction of sp³-hybridized carbons (Fsp3) is 1.00. The van der Waals surface area contributed by atoms with Crippen molar-refractivity contribution in [2.75, 3.05) is 7.05 Å². The Balaban J connectivity index is 2.16. The quantitative estimate of drug-likeness (QED) is 0.806. The van der Waals surface area contributed by atoms with Crippen LogP contribution in [0.25, 0.3) is 0 Å². The zero-order chi connectivity index (χ0) is 15.6. The fourth-order valence-electron chi connectivity index (χ4n) is 4.92. The topological polar surface area (TPSA) is 15.3 Å². The van der Waals surface area contributed by atoms with Gasteiger partial charge in [-0.2, -0.15) is 0 Å². The Morgan fingerprint density at radius 1 is 1.10 bits per heavy atom. The Bertz CT molecular complexity index is 326. The Morgan fingerprint density at radius 2 is 1.81 bits per heavy atom. The SMILES string of the molecule is CCC1CCC(C)N1C1CC(C(C)(C)CC)CCC1NC. The van der Waals surface area contributed by atoms with Crippen molar-refractivity contribution < 1.29 is 0 Å². The lowest BCUT2D eigenvalue weighted by Crippen LogP contribution is -2.56. The summed E-state index contributed by atoms with van der Waals surface area (Å²) < 4.78 is 0. The standard InChI is InChI=1S/C19H38N2/c1-7-16-11-9-14(3)21(16)18-13-15(19(4,5)8-2)10-12-17(18)20-6/h14-18,20H,7-13H2,1-6H3. The maximum Gasteiger partial charge on any atom is 0.0257 e. The van der Waals surface area contributed by atoms with Crippen molar-refractivity contribution in [1.29, 1.82) is 0 Å². The molecule has 0 amide bonds. The predicted molar refractivity (Wildman–Crippen MR) is 92.7 cm³/mol. The normalized spacial score (nSPS) is 38.9. The van der Waals surface area contributed by atoms with E-state index < -0.39 is 0 Å².